The molecule has 2 rings (SSSR count). The summed E-state index contributed by atoms with van der Waals surface area (Å²) >= 11 is 0. The van der Waals surface area contributed by atoms with Gasteiger partial charge >= 0.3 is 0 Å². The summed E-state index contributed by atoms with van der Waals surface area (Å²) in [6, 6.07) is 14.6. The number of hydrogen-bond acceptors (Lipinski definition) is 1. The van der Waals surface area contributed by atoms with E-state index in [2.05, 4.69) is 42.2 Å². The van der Waals surface area contributed by atoms with Gasteiger partial charge in [0.15, 0.2) is 0 Å². The Balaban J connectivity index is 2.30. The lowest BCUT2D eigenvalue weighted by atomic mass is 10.1. The van der Waals surface area contributed by atoms with E-state index in [4.69, 9.17) is 0 Å². The van der Waals surface area contributed by atoms with E-state index in [1.807, 2.05) is 24.4 Å². The van der Waals surface area contributed by atoms with Crippen LogP contribution in [-0.4, -0.2) is 0 Å². The molecule has 1 heteroatoms. The van der Waals surface area contributed by atoms with Gasteiger partial charge in [0.1, 0.15) is 0 Å². The quantitative estimate of drug-likeness (QED) is 0.731. The highest BCUT2D eigenvalue weighted by Gasteiger charge is 1.92. The Bertz CT molecular complexity index is 497. The standard InChI is InChI=1S/C14H13N/c1-2-3-10-15-14-9-8-12-6-4-5-7-13(12)11-14/h2-11,15H,1H2/b10-3+. The Hall–Kier alpha value is -2.02. The van der Waals surface area contributed by atoms with E-state index in [1.165, 1.54) is 10.8 Å². The fourth-order valence-corrected chi connectivity index (χ4v) is 1.49. The molecule has 0 amide bonds. The molecule has 74 valence electrons. The summed E-state index contributed by atoms with van der Waals surface area (Å²) in [5.41, 5.74) is 1.09. The number of nitrogens with one attached hydrogen (secondary N) is 1. The minimum Gasteiger partial charge on any atom is -0.362 e. The van der Waals surface area contributed by atoms with Crippen LogP contribution in [-0.2, 0) is 0 Å². The predicted octanol–water partition coefficient (Wildman–Crippen LogP) is 3.95. The first-order valence-electron chi connectivity index (χ1n) is 4.93. The van der Waals surface area contributed by atoms with Crippen molar-refractivity contribution in [2.75, 3.05) is 5.32 Å². The molecule has 0 saturated carbocycles. The molecule has 0 aliphatic rings. The number of allylic oxidation sites excluding steroid dienone is 2. The van der Waals surface area contributed by atoms with Crippen LogP contribution >= 0.6 is 0 Å². The van der Waals surface area contributed by atoms with Crippen molar-refractivity contribution in [1.29, 1.82) is 0 Å². The highest BCUT2D eigenvalue weighted by molar-refractivity contribution is 5.85. The second kappa shape index (κ2) is 4.47. The second-order valence-electron chi connectivity index (χ2n) is 3.30. The van der Waals surface area contributed by atoms with Crippen molar-refractivity contribution < 1.29 is 0 Å². The van der Waals surface area contributed by atoms with Gasteiger partial charge in [0.05, 0.1) is 0 Å². The van der Waals surface area contributed by atoms with Crippen LogP contribution in [0, 0.1) is 0 Å². The minimum atomic E-state index is 1.09. The van der Waals surface area contributed by atoms with Crippen molar-refractivity contribution >= 4 is 16.5 Å². The number of rotatable bonds is 3. The predicted molar refractivity (Wildman–Crippen MR) is 66.9 cm³/mol. The normalized spacial score (nSPS) is 10.7. The van der Waals surface area contributed by atoms with E-state index in [9.17, 15) is 0 Å². The molecule has 1 nitrogen and oxygen atoms in total. The van der Waals surface area contributed by atoms with Gasteiger partial charge in [-0.2, -0.15) is 0 Å². The van der Waals surface area contributed by atoms with Gasteiger partial charge in [-0.3, -0.25) is 0 Å². The van der Waals surface area contributed by atoms with Gasteiger partial charge in [-0.1, -0.05) is 43.0 Å². The summed E-state index contributed by atoms with van der Waals surface area (Å²) in [4.78, 5) is 0. The monoisotopic (exact) mass is 195 g/mol. The molecule has 0 unspecified atom stereocenters. The SMILES string of the molecule is C=C/C=C/Nc1ccc2ccccc2c1. The molecule has 0 aromatic heterocycles. The van der Waals surface area contributed by atoms with Gasteiger partial charge < -0.3 is 5.32 Å². The zero-order valence-corrected chi connectivity index (χ0v) is 8.48. The van der Waals surface area contributed by atoms with E-state index in [1.54, 1.807) is 6.08 Å². The van der Waals surface area contributed by atoms with Crippen molar-refractivity contribution in [2.24, 2.45) is 0 Å². The van der Waals surface area contributed by atoms with Crippen molar-refractivity contribution in [3.63, 3.8) is 0 Å². The largest absolute Gasteiger partial charge is 0.362 e. The second-order valence-corrected chi connectivity index (χ2v) is 3.30. The molecule has 0 saturated heterocycles. The first kappa shape index (κ1) is 9.53. The van der Waals surface area contributed by atoms with Crippen LogP contribution < -0.4 is 5.32 Å². The fourth-order valence-electron chi connectivity index (χ4n) is 1.49. The zero-order valence-electron chi connectivity index (χ0n) is 8.48. The highest BCUT2D eigenvalue weighted by Crippen LogP contribution is 2.18. The van der Waals surface area contributed by atoms with Gasteiger partial charge in [0, 0.05) is 11.9 Å². The number of hydrogen-bond donors (Lipinski definition) is 1. The lowest BCUT2D eigenvalue weighted by Gasteiger charge is -2.02. The molecular weight excluding hydrogens is 182 g/mol. The molecular formula is C14H13N. The number of fused-ring (bicyclic) bond motifs is 1. The van der Waals surface area contributed by atoms with Gasteiger partial charge in [-0.25, -0.2) is 0 Å². The average molecular weight is 195 g/mol. The Labute approximate surface area is 89.7 Å². The molecule has 0 bridgehead atoms. The Morgan fingerprint density at radius 2 is 1.80 bits per heavy atom. The molecule has 0 aliphatic heterocycles. The minimum absolute atomic E-state index is 1.09. The van der Waals surface area contributed by atoms with Crippen molar-refractivity contribution in [3.8, 4) is 0 Å². The summed E-state index contributed by atoms with van der Waals surface area (Å²) in [6.45, 7) is 3.61. The Kier molecular flexibility index (Phi) is 2.84. The van der Waals surface area contributed by atoms with E-state index in [0.717, 1.165) is 5.69 Å². The van der Waals surface area contributed by atoms with Crippen LogP contribution in [0.1, 0.15) is 0 Å². The summed E-state index contributed by atoms with van der Waals surface area (Å²) in [6.07, 6.45) is 5.49. The van der Waals surface area contributed by atoms with Crippen molar-refractivity contribution in [1.82, 2.24) is 0 Å². The van der Waals surface area contributed by atoms with E-state index in [0.29, 0.717) is 0 Å². The van der Waals surface area contributed by atoms with Crippen LogP contribution in [0.15, 0.2) is 67.4 Å². The van der Waals surface area contributed by atoms with Crippen molar-refractivity contribution in [2.45, 2.75) is 0 Å². The van der Waals surface area contributed by atoms with Gasteiger partial charge in [0.2, 0.25) is 0 Å². The van der Waals surface area contributed by atoms with E-state index >= 15 is 0 Å². The Morgan fingerprint density at radius 3 is 2.60 bits per heavy atom. The molecule has 2 aromatic rings. The maximum Gasteiger partial charge on any atom is 0.0386 e. The first-order chi connectivity index (χ1) is 7.40. The molecule has 0 fully saturated rings. The Morgan fingerprint density at radius 1 is 1.00 bits per heavy atom. The molecule has 1 N–H and O–H groups in total. The third-order valence-electron chi connectivity index (χ3n) is 2.23. The summed E-state index contributed by atoms with van der Waals surface area (Å²) in [5, 5.41) is 5.69. The van der Waals surface area contributed by atoms with E-state index < -0.39 is 0 Å². The zero-order chi connectivity index (χ0) is 10.5. The molecule has 0 atom stereocenters. The highest BCUT2D eigenvalue weighted by atomic mass is 14.8. The third-order valence-corrected chi connectivity index (χ3v) is 2.23. The third kappa shape index (κ3) is 2.26. The van der Waals surface area contributed by atoms with Crippen LogP contribution in [0.2, 0.25) is 0 Å². The maximum atomic E-state index is 3.61. The smallest absolute Gasteiger partial charge is 0.0386 e. The lowest BCUT2D eigenvalue weighted by Crippen LogP contribution is -1.86. The molecule has 15 heavy (non-hydrogen) atoms. The van der Waals surface area contributed by atoms with Gasteiger partial charge in [-0.15, -0.1) is 0 Å². The number of anilines is 1. The first-order valence-corrected chi connectivity index (χ1v) is 4.93. The van der Waals surface area contributed by atoms with Gasteiger partial charge in [0.25, 0.3) is 0 Å². The molecule has 0 radical (unpaired) electrons. The van der Waals surface area contributed by atoms with Crippen LogP contribution in [0.4, 0.5) is 5.69 Å². The van der Waals surface area contributed by atoms with Gasteiger partial charge in [-0.05, 0) is 29.0 Å². The molecule has 0 aliphatic carbocycles. The maximum absolute atomic E-state index is 3.61. The number of benzene rings is 2. The summed E-state index contributed by atoms with van der Waals surface area (Å²) in [7, 11) is 0. The fraction of sp³-hybridized carbons (Fsp3) is 0. The molecule has 0 spiro atoms. The molecule has 2 aromatic carbocycles. The lowest BCUT2D eigenvalue weighted by molar-refractivity contribution is 1.61. The van der Waals surface area contributed by atoms with Crippen LogP contribution in [0.25, 0.3) is 10.8 Å². The van der Waals surface area contributed by atoms with Crippen LogP contribution in [0.5, 0.6) is 0 Å². The van der Waals surface area contributed by atoms with E-state index in [-0.39, 0.29) is 0 Å². The van der Waals surface area contributed by atoms with Crippen LogP contribution in [0.3, 0.4) is 0 Å². The topological polar surface area (TPSA) is 12.0 Å². The summed E-state index contributed by atoms with van der Waals surface area (Å²) in [5.74, 6) is 0. The molecule has 0 heterocycles. The summed E-state index contributed by atoms with van der Waals surface area (Å²) < 4.78 is 0. The average Bonchev–Trinajstić information content (AvgIpc) is 2.29. The van der Waals surface area contributed by atoms with Crippen molar-refractivity contribution in [3.05, 3.63) is 67.4 Å².